The van der Waals surface area contributed by atoms with Gasteiger partial charge in [-0.3, -0.25) is 4.21 Å². The maximum absolute atomic E-state index is 12.2. The summed E-state index contributed by atoms with van der Waals surface area (Å²) >= 11 is 1.61. The number of rotatable bonds is 8. The summed E-state index contributed by atoms with van der Waals surface area (Å²) in [5.74, 6) is 1.25. The monoisotopic (exact) mass is 507 g/mol. The molecule has 1 heterocycles. The van der Waals surface area contributed by atoms with Crippen LogP contribution < -0.4 is 15.5 Å². The van der Waals surface area contributed by atoms with Crippen LogP contribution in [0.1, 0.15) is 12.6 Å². The lowest BCUT2D eigenvalue weighted by atomic mass is 10.4. The van der Waals surface area contributed by atoms with Gasteiger partial charge in [0.1, 0.15) is 0 Å². The minimum absolute atomic E-state index is 0. The molecule has 0 saturated carbocycles. The quantitative estimate of drug-likeness (QED) is 0.327. The van der Waals surface area contributed by atoms with E-state index in [0.717, 1.165) is 22.3 Å². The molecule has 26 heavy (non-hydrogen) atoms. The molecule has 0 radical (unpaired) electrons. The average Bonchev–Trinajstić information content (AvgIpc) is 3.09. The van der Waals surface area contributed by atoms with Crippen LogP contribution in [0.5, 0.6) is 0 Å². The molecule has 2 rings (SSSR count). The van der Waals surface area contributed by atoms with Crippen molar-refractivity contribution in [2.45, 2.75) is 18.4 Å². The first-order chi connectivity index (χ1) is 12.1. The van der Waals surface area contributed by atoms with Crippen molar-refractivity contribution in [1.82, 2.24) is 15.6 Å². The molecule has 0 amide bonds. The summed E-state index contributed by atoms with van der Waals surface area (Å²) < 4.78 is 12.2. The van der Waals surface area contributed by atoms with Gasteiger partial charge in [-0.25, -0.2) is 9.98 Å². The molecular weight excluding hydrogens is 481 g/mol. The van der Waals surface area contributed by atoms with Crippen molar-refractivity contribution >= 4 is 57.2 Å². The molecule has 1 atom stereocenters. The molecule has 2 N–H and O–H groups in total. The first kappa shape index (κ1) is 22.8. The van der Waals surface area contributed by atoms with Crippen LogP contribution in [0.3, 0.4) is 0 Å². The number of hydrogen-bond donors (Lipinski definition) is 2. The summed E-state index contributed by atoms with van der Waals surface area (Å²) in [5.41, 5.74) is 0.943. The highest BCUT2D eigenvalue weighted by Gasteiger charge is 2.05. The fourth-order valence-corrected chi connectivity index (χ4v) is 3.76. The highest BCUT2D eigenvalue weighted by Crippen LogP contribution is 2.18. The molecule has 0 bridgehead atoms. The first-order valence-electron chi connectivity index (χ1n) is 8.17. The number of nitrogens with zero attached hydrogens (tertiary/aromatic N) is 3. The maximum Gasteiger partial charge on any atom is 0.191 e. The third-order valence-corrected chi connectivity index (χ3v) is 5.68. The summed E-state index contributed by atoms with van der Waals surface area (Å²) in [6.07, 6.45) is 0. The molecular formula is C17H26IN5OS2. The van der Waals surface area contributed by atoms with E-state index < -0.39 is 10.8 Å². The Morgan fingerprint density at radius 2 is 2.00 bits per heavy atom. The number of guanidine groups is 1. The minimum Gasteiger partial charge on any atom is -0.357 e. The Morgan fingerprint density at radius 3 is 2.62 bits per heavy atom. The number of aliphatic imine (C=N–C) groups is 1. The van der Waals surface area contributed by atoms with Crippen LogP contribution >= 0.6 is 35.3 Å². The lowest BCUT2D eigenvalue weighted by molar-refractivity contribution is 0.681. The van der Waals surface area contributed by atoms with E-state index in [1.165, 1.54) is 0 Å². The number of halogens is 1. The van der Waals surface area contributed by atoms with Crippen molar-refractivity contribution in [3.05, 3.63) is 41.4 Å². The van der Waals surface area contributed by atoms with E-state index in [2.05, 4.69) is 20.6 Å². The molecule has 1 unspecified atom stereocenters. The molecule has 0 fully saturated rings. The Hall–Kier alpha value is -1.20. The minimum atomic E-state index is -1.01. The molecule has 144 valence electrons. The molecule has 0 saturated heterocycles. The van der Waals surface area contributed by atoms with E-state index in [4.69, 9.17) is 0 Å². The number of nitrogens with one attached hydrogen (secondary N) is 2. The molecule has 1 aromatic heterocycles. The van der Waals surface area contributed by atoms with Crippen LogP contribution in [0, 0.1) is 0 Å². The van der Waals surface area contributed by atoms with Gasteiger partial charge < -0.3 is 15.5 Å². The number of benzene rings is 1. The first-order valence-corrected chi connectivity index (χ1v) is 10.4. The lowest BCUT2D eigenvalue weighted by Gasteiger charge is -2.11. The highest BCUT2D eigenvalue weighted by atomic mass is 127. The fraction of sp³-hybridized carbons (Fsp3) is 0.412. The van der Waals surface area contributed by atoms with Crippen LogP contribution in [0.4, 0.5) is 5.13 Å². The molecule has 1 aromatic carbocycles. The van der Waals surface area contributed by atoms with Gasteiger partial charge in [0.25, 0.3) is 0 Å². The van der Waals surface area contributed by atoms with Crippen LogP contribution in [-0.2, 0) is 17.3 Å². The normalized spacial score (nSPS) is 12.2. The van der Waals surface area contributed by atoms with Gasteiger partial charge in [-0.15, -0.1) is 35.3 Å². The number of hydrogen-bond acceptors (Lipinski definition) is 5. The predicted molar refractivity (Wildman–Crippen MR) is 122 cm³/mol. The highest BCUT2D eigenvalue weighted by molar-refractivity contribution is 14.0. The summed E-state index contributed by atoms with van der Waals surface area (Å²) in [6.45, 7) is 3.90. The van der Waals surface area contributed by atoms with Gasteiger partial charge in [0, 0.05) is 43.2 Å². The second-order valence-corrected chi connectivity index (χ2v) is 7.91. The lowest BCUT2D eigenvalue weighted by Crippen LogP contribution is -2.39. The number of aromatic nitrogens is 1. The Bertz CT molecular complexity index is 706. The van der Waals surface area contributed by atoms with Crippen molar-refractivity contribution in [3.8, 4) is 0 Å². The van der Waals surface area contributed by atoms with E-state index in [9.17, 15) is 4.21 Å². The Balaban J connectivity index is 0.00000338. The topological polar surface area (TPSA) is 69.6 Å². The van der Waals surface area contributed by atoms with E-state index in [-0.39, 0.29) is 24.0 Å². The molecule has 0 aliphatic carbocycles. The van der Waals surface area contributed by atoms with Gasteiger partial charge in [0.15, 0.2) is 11.1 Å². The zero-order valence-corrected chi connectivity index (χ0v) is 19.2. The van der Waals surface area contributed by atoms with Crippen LogP contribution in [0.25, 0.3) is 0 Å². The van der Waals surface area contributed by atoms with Crippen molar-refractivity contribution < 1.29 is 4.21 Å². The zero-order chi connectivity index (χ0) is 18.1. The van der Waals surface area contributed by atoms with Crippen LogP contribution in [-0.4, -0.2) is 48.1 Å². The van der Waals surface area contributed by atoms with Gasteiger partial charge in [-0.05, 0) is 19.1 Å². The van der Waals surface area contributed by atoms with E-state index >= 15 is 0 Å². The van der Waals surface area contributed by atoms with E-state index in [0.29, 0.717) is 24.8 Å². The second kappa shape index (κ2) is 12.2. The fourth-order valence-electron chi connectivity index (χ4n) is 2.03. The third kappa shape index (κ3) is 7.58. The zero-order valence-electron chi connectivity index (χ0n) is 15.3. The van der Waals surface area contributed by atoms with Crippen molar-refractivity contribution in [2.75, 3.05) is 37.8 Å². The largest absolute Gasteiger partial charge is 0.357 e. The molecule has 6 nitrogen and oxygen atoms in total. The standard InChI is InChI=1S/C17H25N5OS2.HI/c1-4-18-16(20-12-14-13-24-17(21-14)22(2)3)19-10-11-25(23)15-8-6-5-7-9-15;/h5-9,13H,4,10-12H2,1-3H3,(H2,18,19,20);1H. The number of anilines is 1. The smallest absolute Gasteiger partial charge is 0.191 e. The van der Waals surface area contributed by atoms with Gasteiger partial charge >= 0.3 is 0 Å². The average molecular weight is 507 g/mol. The van der Waals surface area contributed by atoms with Gasteiger partial charge in [0.05, 0.1) is 23.0 Å². The summed E-state index contributed by atoms with van der Waals surface area (Å²) in [4.78, 5) is 11.9. The van der Waals surface area contributed by atoms with E-state index in [1.807, 2.05) is 61.6 Å². The summed E-state index contributed by atoms with van der Waals surface area (Å²) in [5, 5.41) is 9.43. The van der Waals surface area contributed by atoms with Crippen molar-refractivity contribution in [2.24, 2.45) is 4.99 Å². The summed E-state index contributed by atoms with van der Waals surface area (Å²) in [6, 6.07) is 9.51. The molecule has 0 aliphatic heterocycles. The van der Waals surface area contributed by atoms with Gasteiger partial charge in [0.2, 0.25) is 0 Å². The van der Waals surface area contributed by atoms with Gasteiger partial charge in [-0.2, -0.15) is 0 Å². The summed E-state index contributed by atoms with van der Waals surface area (Å²) in [7, 11) is 2.95. The second-order valence-electron chi connectivity index (χ2n) is 5.50. The Morgan fingerprint density at radius 1 is 1.27 bits per heavy atom. The van der Waals surface area contributed by atoms with Crippen molar-refractivity contribution in [1.29, 1.82) is 0 Å². The van der Waals surface area contributed by atoms with Crippen LogP contribution in [0.2, 0.25) is 0 Å². The Kier molecular flexibility index (Phi) is 10.7. The third-order valence-electron chi connectivity index (χ3n) is 3.25. The van der Waals surface area contributed by atoms with E-state index in [1.54, 1.807) is 11.3 Å². The SMILES string of the molecule is CCNC(=NCc1csc(N(C)C)n1)NCCS(=O)c1ccccc1.I. The molecule has 2 aromatic rings. The van der Waals surface area contributed by atoms with Crippen molar-refractivity contribution in [3.63, 3.8) is 0 Å². The molecule has 0 spiro atoms. The predicted octanol–water partition coefficient (Wildman–Crippen LogP) is 2.69. The number of thiazole rings is 1. The van der Waals surface area contributed by atoms with Gasteiger partial charge in [-0.1, -0.05) is 18.2 Å². The van der Waals surface area contributed by atoms with Crippen LogP contribution in [0.15, 0.2) is 45.6 Å². The Labute approximate surface area is 179 Å². The maximum atomic E-state index is 12.2. The molecule has 9 heteroatoms. The molecule has 0 aliphatic rings.